The second kappa shape index (κ2) is 10.4. The quantitative estimate of drug-likeness (QED) is 0.624. The first-order chi connectivity index (χ1) is 12.5. The van der Waals surface area contributed by atoms with Crippen molar-refractivity contribution in [1.29, 1.82) is 0 Å². The van der Waals surface area contributed by atoms with Crippen molar-refractivity contribution >= 4 is 29.3 Å². The first-order valence-corrected chi connectivity index (χ1v) is 9.87. The SMILES string of the molecule is CSCCC(NCc1cc(Cl)ccc1OCc1ccc(F)cc1)C(=O)O. The summed E-state index contributed by atoms with van der Waals surface area (Å²) in [5.41, 5.74) is 1.61. The minimum atomic E-state index is -0.880. The number of carboxylic acid groups (broad SMARTS) is 1. The first kappa shape index (κ1) is 20.6. The van der Waals surface area contributed by atoms with Gasteiger partial charge in [0.05, 0.1) is 0 Å². The Kier molecular flexibility index (Phi) is 8.22. The van der Waals surface area contributed by atoms with Crippen LogP contribution in [0.2, 0.25) is 5.02 Å². The van der Waals surface area contributed by atoms with Gasteiger partial charge >= 0.3 is 5.97 Å². The molecule has 0 saturated carbocycles. The Hall–Kier alpha value is -1.76. The maximum absolute atomic E-state index is 13.0. The van der Waals surface area contributed by atoms with Gasteiger partial charge in [-0.05, 0) is 54.3 Å². The number of hydrogen-bond donors (Lipinski definition) is 2. The highest BCUT2D eigenvalue weighted by atomic mass is 35.5. The smallest absolute Gasteiger partial charge is 0.320 e. The summed E-state index contributed by atoms with van der Waals surface area (Å²) in [5.74, 6) is 0.193. The Bertz CT molecular complexity index is 727. The van der Waals surface area contributed by atoms with E-state index in [-0.39, 0.29) is 12.4 Å². The van der Waals surface area contributed by atoms with Gasteiger partial charge in [-0.2, -0.15) is 11.8 Å². The molecular weight excluding hydrogens is 377 g/mol. The predicted molar refractivity (Wildman–Crippen MR) is 103 cm³/mol. The fourth-order valence-corrected chi connectivity index (χ4v) is 3.02. The molecule has 0 spiro atoms. The lowest BCUT2D eigenvalue weighted by atomic mass is 10.1. The maximum atomic E-state index is 13.0. The molecule has 0 aliphatic rings. The van der Waals surface area contributed by atoms with Crippen molar-refractivity contribution in [3.63, 3.8) is 0 Å². The molecule has 0 fully saturated rings. The molecule has 26 heavy (non-hydrogen) atoms. The van der Waals surface area contributed by atoms with Gasteiger partial charge in [-0.3, -0.25) is 4.79 Å². The summed E-state index contributed by atoms with van der Waals surface area (Å²) in [6.45, 7) is 0.606. The molecule has 0 radical (unpaired) electrons. The monoisotopic (exact) mass is 397 g/mol. The standard InChI is InChI=1S/C19H21ClFNO3S/c1-26-9-8-17(19(23)24)22-11-14-10-15(20)4-7-18(14)25-12-13-2-5-16(21)6-3-13/h2-7,10,17,22H,8-9,11-12H2,1H3,(H,23,24). The molecule has 2 aromatic carbocycles. The number of carboxylic acids is 1. The van der Waals surface area contributed by atoms with Crippen molar-refractivity contribution in [2.24, 2.45) is 0 Å². The highest BCUT2D eigenvalue weighted by molar-refractivity contribution is 7.98. The second-order valence-corrected chi connectivity index (χ2v) is 7.14. The number of thioether (sulfide) groups is 1. The van der Waals surface area contributed by atoms with Crippen molar-refractivity contribution in [2.45, 2.75) is 25.6 Å². The summed E-state index contributed by atoms with van der Waals surface area (Å²) in [4.78, 5) is 11.4. The Labute approximate surface area is 161 Å². The van der Waals surface area contributed by atoms with E-state index < -0.39 is 12.0 Å². The third kappa shape index (κ3) is 6.52. The van der Waals surface area contributed by atoms with Gasteiger partial charge in [0.15, 0.2) is 0 Å². The van der Waals surface area contributed by atoms with E-state index >= 15 is 0 Å². The number of carbonyl (C=O) groups is 1. The van der Waals surface area contributed by atoms with Gasteiger partial charge in [0.2, 0.25) is 0 Å². The zero-order valence-electron chi connectivity index (χ0n) is 14.4. The van der Waals surface area contributed by atoms with E-state index in [1.165, 1.54) is 12.1 Å². The molecule has 2 N–H and O–H groups in total. The van der Waals surface area contributed by atoms with Gasteiger partial charge in [-0.1, -0.05) is 23.7 Å². The van der Waals surface area contributed by atoms with E-state index in [1.54, 1.807) is 42.1 Å². The topological polar surface area (TPSA) is 58.6 Å². The zero-order valence-corrected chi connectivity index (χ0v) is 15.9. The van der Waals surface area contributed by atoms with Crippen LogP contribution in [0.5, 0.6) is 5.75 Å². The van der Waals surface area contributed by atoms with Crippen LogP contribution < -0.4 is 10.1 Å². The zero-order chi connectivity index (χ0) is 18.9. The first-order valence-electron chi connectivity index (χ1n) is 8.10. The highest BCUT2D eigenvalue weighted by Crippen LogP contribution is 2.24. The summed E-state index contributed by atoms with van der Waals surface area (Å²) < 4.78 is 18.8. The number of halogens is 2. The van der Waals surface area contributed by atoms with Crippen LogP contribution in [0.1, 0.15) is 17.5 Å². The number of rotatable bonds is 10. The van der Waals surface area contributed by atoms with E-state index in [0.29, 0.717) is 23.7 Å². The molecule has 1 atom stereocenters. The van der Waals surface area contributed by atoms with Crippen molar-refractivity contribution in [3.8, 4) is 5.75 Å². The Morgan fingerprint density at radius 2 is 2.04 bits per heavy atom. The third-order valence-electron chi connectivity index (χ3n) is 3.78. The van der Waals surface area contributed by atoms with Crippen molar-refractivity contribution < 1.29 is 19.0 Å². The van der Waals surface area contributed by atoms with E-state index in [0.717, 1.165) is 16.9 Å². The molecule has 0 aromatic heterocycles. The van der Waals surface area contributed by atoms with Crippen LogP contribution in [0.3, 0.4) is 0 Å². The maximum Gasteiger partial charge on any atom is 0.320 e. The summed E-state index contributed by atoms with van der Waals surface area (Å²) >= 11 is 7.67. The van der Waals surface area contributed by atoms with E-state index in [4.69, 9.17) is 16.3 Å². The molecule has 0 saturated heterocycles. The van der Waals surface area contributed by atoms with Crippen LogP contribution in [0.4, 0.5) is 4.39 Å². The Morgan fingerprint density at radius 3 is 2.69 bits per heavy atom. The van der Waals surface area contributed by atoms with Crippen LogP contribution in [0.15, 0.2) is 42.5 Å². The number of hydrogen-bond acceptors (Lipinski definition) is 4. The molecule has 0 aliphatic carbocycles. The van der Waals surface area contributed by atoms with Crippen LogP contribution >= 0.6 is 23.4 Å². The lowest BCUT2D eigenvalue weighted by molar-refractivity contribution is -0.139. The Morgan fingerprint density at radius 1 is 1.31 bits per heavy atom. The Balaban J connectivity index is 2.03. The van der Waals surface area contributed by atoms with E-state index in [9.17, 15) is 14.3 Å². The van der Waals surface area contributed by atoms with Gasteiger partial charge in [0, 0.05) is 17.1 Å². The molecule has 0 amide bonds. The van der Waals surface area contributed by atoms with Crippen molar-refractivity contribution in [2.75, 3.05) is 12.0 Å². The van der Waals surface area contributed by atoms with Crippen LogP contribution in [-0.2, 0) is 17.9 Å². The van der Waals surface area contributed by atoms with Crippen LogP contribution in [-0.4, -0.2) is 29.1 Å². The molecule has 0 aliphatic heterocycles. The van der Waals surface area contributed by atoms with Crippen LogP contribution in [0, 0.1) is 5.82 Å². The third-order valence-corrected chi connectivity index (χ3v) is 4.66. The fraction of sp³-hybridized carbons (Fsp3) is 0.316. The molecular formula is C19H21ClFNO3S. The molecule has 2 rings (SSSR count). The average molecular weight is 398 g/mol. The molecule has 1 unspecified atom stereocenters. The summed E-state index contributed by atoms with van der Waals surface area (Å²) in [6.07, 6.45) is 2.47. The number of benzene rings is 2. The number of aliphatic carboxylic acids is 1. The minimum absolute atomic E-state index is 0.281. The van der Waals surface area contributed by atoms with Gasteiger partial charge in [-0.15, -0.1) is 0 Å². The fourth-order valence-electron chi connectivity index (χ4n) is 2.35. The van der Waals surface area contributed by atoms with Gasteiger partial charge < -0.3 is 15.2 Å². The normalized spacial score (nSPS) is 12.0. The lowest BCUT2D eigenvalue weighted by Crippen LogP contribution is -2.36. The number of nitrogens with one attached hydrogen (secondary N) is 1. The molecule has 2 aromatic rings. The summed E-state index contributed by atoms with van der Waals surface area (Å²) in [5, 5.41) is 12.9. The average Bonchev–Trinajstić information content (AvgIpc) is 2.62. The van der Waals surface area contributed by atoms with Gasteiger partial charge in [0.25, 0.3) is 0 Å². The molecule has 140 valence electrons. The van der Waals surface area contributed by atoms with Gasteiger partial charge in [0.1, 0.15) is 24.2 Å². The van der Waals surface area contributed by atoms with E-state index in [2.05, 4.69) is 5.32 Å². The second-order valence-electron chi connectivity index (χ2n) is 5.72. The number of ether oxygens (including phenoxy) is 1. The predicted octanol–water partition coefficient (Wildman–Crippen LogP) is 4.35. The summed E-state index contributed by atoms with van der Waals surface area (Å²) in [6, 6.07) is 10.7. The lowest BCUT2D eigenvalue weighted by Gasteiger charge is -2.17. The minimum Gasteiger partial charge on any atom is -0.489 e. The molecule has 0 heterocycles. The molecule has 4 nitrogen and oxygen atoms in total. The molecule has 7 heteroatoms. The summed E-state index contributed by atoms with van der Waals surface area (Å²) in [7, 11) is 0. The molecule has 0 bridgehead atoms. The van der Waals surface area contributed by atoms with Crippen molar-refractivity contribution in [3.05, 3.63) is 64.4 Å². The highest BCUT2D eigenvalue weighted by Gasteiger charge is 2.17. The van der Waals surface area contributed by atoms with Crippen LogP contribution in [0.25, 0.3) is 0 Å². The largest absolute Gasteiger partial charge is 0.489 e. The van der Waals surface area contributed by atoms with Crippen molar-refractivity contribution in [1.82, 2.24) is 5.32 Å². The van der Waals surface area contributed by atoms with E-state index in [1.807, 2.05) is 6.26 Å². The van der Waals surface area contributed by atoms with Gasteiger partial charge in [-0.25, -0.2) is 4.39 Å².